The fourth-order valence-corrected chi connectivity index (χ4v) is 1.82. The number of benzene rings is 1. The number of carbonyl (C=O) groups excluding carboxylic acids is 1. The lowest BCUT2D eigenvalue weighted by atomic mass is 9.94. The summed E-state index contributed by atoms with van der Waals surface area (Å²) in [6, 6.07) is 9.02. The maximum atomic E-state index is 12.0. The smallest absolute Gasteiger partial charge is 0.310 e. The first-order chi connectivity index (χ1) is 10.4. The third-order valence-corrected chi connectivity index (χ3v) is 3.39. The molecule has 1 aromatic heterocycles. The molecular weight excluding hydrogens is 282 g/mol. The van der Waals surface area contributed by atoms with Gasteiger partial charge in [0, 0.05) is 24.5 Å². The largest absolute Gasteiger partial charge is 0.481 e. The number of rotatable bonds is 6. The Morgan fingerprint density at radius 1 is 1.27 bits per heavy atom. The minimum Gasteiger partial charge on any atom is -0.481 e. The molecule has 6 nitrogen and oxygen atoms in total. The van der Waals surface area contributed by atoms with Crippen molar-refractivity contribution in [2.24, 2.45) is 5.41 Å². The highest BCUT2D eigenvalue weighted by Crippen LogP contribution is 2.14. The van der Waals surface area contributed by atoms with E-state index in [0.717, 1.165) is 5.56 Å². The Morgan fingerprint density at radius 3 is 2.50 bits per heavy atom. The van der Waals surface area contributed by atoms with Crippen molar-refractivity contribution in [3.05, 3.63) is 53.9 Å². The lowest BCUT2D eigenvalue weighted by Crippen LogP contribution is -2.38. The number of amides is 1. The van der Waals surface area contributed by atoms with E-state index in [-0.39, 0.29) is 12.5 Å². The van der Waals surface area contributed by atoms with Gasteiger partial charge < -0.3 is 10.4 Å². The predicted octanol–water partition coefficient (Wildman–Crippen LogP) is 1.77. The van der Waals surface area contributed by atoms with Crippen LogP contribution in [0.3, 0.4) is 0 Å². The summed E-state index contributed by atoms with van der Waals surface area (Å²) in [4.78, 5) is 23.0. The molecule has 0 atom stereocenters. The summed E-state index contributed by atoms with van der Waals surface area (Å²) in [5, 5.41) is 15.8. The van der Waals surface area contributed by atoms with Crippen molar-refractivity contribution in [2.45, 2.75) is 20.4 Å². The van der Waals surface area contributed by atoms with Crippen LogP contribution in [0.25, 0.3) is 0 Å². The van der Waals surface area contributed by atoms with Crippen LogP contribution in [-0.2, 0) is 11.3 Å². The zero-order valence-electron chi connectivity index (χ0n) is 12.6. The van der Waals surface area contributed by atoms with Crippen LogP contribution in [0.5, 0.6) is 0 Å². The number of carboxylic acids is 1. The van der Waals surface area contributed by atoms with Gasteiger partial charge in [0.1, 0.15) is 0 Å². The normalized spacial score (nSPS) is 11.2. The summed E-state index contributed by atoms with van der Waals surface area (Å²) in [6.07, 6.45) is 3.58. The number of hydrogen-bond acceptors (Lipinski definition) is 3. The van der Waals surface area contributed by atoms with Crippen molar-refractivity contribution >= 4 is 11.9 Å². The molecule has 116 valence electrons. The molecule has 22 heavy (non-hydrogen) atoms. The van der Waals surface area contributed by atoms with Gasteiger partial charge in [0.15, 0.2) is 0 Å². The second-order valence-corrected chi connectivity index (χ2v) is 5.77. The van der Waals surface area contributed by atoms with Crippen LogP contribution >= 0.6 is 0 Å². The Hall–Kier alpha value is -2.63. The van der Waals surface area contributed by atoms with Gasteiger partial charge in [-0.05, 0) is 37.6 Å². The van der Waals surface area contributed by atoms with Crippen LogP contribution in [0.15, 0.2) is 42.7 Å². The van der Waals surface area contributed by atoms with E-state index in [1.54, 1.807) is 36.9 Å². The number of aliphatic carboxylic acids is 1. The SMILES string of the molecule is CC(C)(CNC(=O)c1ccc(Cn2cccn2)cc1)C(=O)O. The predicted molar refractivity (Wildman–Crippen MR) is 81.5 cm³/mol. The Balaban J connectivity index is 1.95. The van der Waals surface area contributed by atoms with Crippen LogP contribution < -0.4 is 5.32 Å². The highest BCUT2D eigenvalue weighted by atomic mass is 16.4. The molecule has 1 aromatic carbocycles. The summed E-state index contributed by atoms with van der Waals surface area (Å²) in [6.45, 7) is 3.86. The lowest BCUT2D eigenvalue weighted by molar-refractivity contribution is -0.146. The molecule has 0 saturated carbocycles. The monoisotopic (exact) mass is 301 g/mol. The summed E-state index contributed by atoms with van der Waals surface area (Å²) in [5.74, 6) is -1.22. The van der Waals surface area contributed by atoms with E-state index in [1.165, 1.54) is 0 Å². The fourth-order valence-electron chi connectivity index (χ4n) is 1.82. The van der Waals surface area contributed by atoms with Crippen molar-refractivity contribution in [1.29, 1.82) is 0 Å². The lowest BCUT2D eigenvalue weighted by Gasteiger charge is -2.19. The summed E-state index contributed by atoms with van der Waals surface area (Å²) < 4.78 is 1.80. The number of nitrogens with one attached hydrogen (secondary N) is 1. The number of carboxylic acid groups (broad SMARTS) is 1. The van der Waals surface area contributed by atoms with Gasteiger partial charge in [0.25, 0.3) is 5.91 Å². The topological polar surface area (TPSA) is 84.2 Å². The molecule has 0 saturated heterocycles. The van der Waals surface area contributed by atoms with Crippen LogP contribution in [0, 0.1) is 5.41 Å². The van der Waals surface area contributed by atoms with Crippen molar-refractivity contribution in [2.75, 3.05) is 6.54 Å². The average molecular weight is 301 g/mol. The zero-order chi connectivity index (χ0) is 16.2. The van der Waals surface area contributed by atoms with Gasteiger partial charge in [-0.25, -0.2) is 0 Å². The van der Waals surface area contributed by atoms with Gasteiger partial charge in [-0.3, -0.25) is 14.3 Å². The quantitative estimate of drug-likeness (QED) is 0.851. The summed E-state index contributed by atoms with van der Waals surface area (Å²) in [5.41, 5.74) is 0.548. The van der Waals surface area contributed by atoms with E-state index < -0.39 is 11.4 Å². The maximum absolute atomic E-state index is 12.0. The Bertz CT molecular complexity index is 646. The molecule has 2 rings (SSSR count). The minimum atomic E-state index is -0.990. The van der Waals surface area contributed by atoms with Gasteiger partial charge in [0.2, 0.25) is 0 Å². The van der Waals surface area contributed by atoms with Gasteiger partial charge in [0.05, 0.1) is 12.0 Å². The molecule has 6 heteroatoms. The van der Waals surface area contributed by atoms with Crippen LogP contribution in [0.2, 0.25) is 0 Å². The first kappa shape index (κ1) is 15.8. The number of nitrogens with zero attached hydrogens (tertiary/aromatic N) is 2. The second kappa shape index (κ2) is 6.43. The van der Waals surface area contributed by atoms with Crippen LogP contribution in [0.4, 0.5) is 0 Å². The summed E-state index contributed by atoms with van der Waals surface area (Å²) >= 11 is 0. The van der Waals surface area contributed by atoms with E-state index >= 15 is 0 Å². The third kappa shape index (κ3) is 3.94. The molecule has 1 heterocycles. The van der Waals surface area contributed by atoms with E-state index in [9.17, 15) is 9.59 Å². The van der Waals surface area contributed by atoms with E-state index in [0.29, 0.717) is 12.1 Å². The molecule has 0 aliphatic heterocycles. The molecular formula is C16H19N3O3. The third-order valence-electron chi connectivity index (χ3n) is 3.39. The second-order valence-electron chi connectivity index (χ2n) is 5.77. The van der Waals surface area contributed by atoms with Gasteiger partial charge >= 0.3 is 5.97 Å². The average Bonchev–Trinajstić information content (AvgIpc) is 2.98. The molecule has 0 fully saturated rings. The first-order valence-corrected chi connectivity index (χ1v) is 6.96. The fraction of sp³-hybridized carbons (Fsp3) is 0.312. The van der Waals surface area contributed by atoms with Crippen molar-refractivity contribution in [3.8, 4) is 0 Å². The van der Waals surface area contributed by atoms with Crippen molar-refractivity contribution < 1.29 is 14.7 Å². The minimum absolute atomic E-state index is 0.0796. The zero-order valence-corrected chi connectivity index (χ0v) is 12.6. The molecule has 0 bridgehead atoms. The molecule has 0 aliphatic carbocycles. The first-order valence-electron chi connectivity index (χ1n) is 6.96. The molecule has 0 radical (unpaired) electrons. The van der Waals surface area contributed by atoms with Gasteiger partial charge in [-0.15, -0.1) is 0 Å². The number of carbonyl (C=O) groups is 2. The highest BCUT2D eigenvalue weighted by molar-refractivity contribution is 5.94. The van der Waals surface area contributed by atoms with Gasteiger partial charge in [-0.1, -0.05) is 12.1 Å². The summed E-state index contributed by atoms with van der Waals surface area (Å²) in [7, 11) is 0. The number of hydrogen-bond donors (Lipinski definition) is 2. The van der Waals surface area contributed by atoms with E-state index in [4.69, 9.17) is 5.11 Å². The van der Waals surface area contributed by atoms with Crippen LogP contribution in [-0.4, -0.2) is 33.3 Å². The van der Waals surface area contributed by atoms with Crippen molar-refractivity contribution in [1.82, 2.24) is 15.1 Å². The molecule has 0 unspecified atom stereocenters. The van der Waals surface area contributed by atoms with Gasteiger partial charge in [-0.2, -0.15) is 5.10 Å². The number of aromatic nitrogens is 2. The molecule has 2 aromatic rings. The molecule has 1 amide bonds. The molecule has 0 spiro atoms. The standard InChI is InChI=1S/C16H19N3O3/c1-16(2,15(21)22)11-17-14(20)13-6-4-12(5-7-13)10-19-9-3-8-18-19/h3-9H,10-11H2,1-2H3,(H,17,20)(H,21,22). The van der Waals surface area contributed by atoms with E-state index in [1.807, 2.05) is 24.4 Å². The maximum Gasteiger partial charge on any atom is 0.310 e. The Labute approximate surface area is 128 Å². The van der Waals surface area contributed by atoms with Crippen LogP contribution in [0.1, 0.15) is 29.8 Å². The molecule has 0 aliphatic rings. The van der Waals surface area contributed by atoms with E-state index in [2.05, 4.69) is 10.4 Å². The Morgan fingerprint density at radius 2 is 1.95 bits per heavy atom. The van der Waals surface area contributed by atoms with Crippen molar-refractivity contribution in [3.63, 3.8) is 0 Å². The highest BCUT2D eigenvalue weighted by Gasteiger charge is 2.27. The molecule has 2 N–H and O–H groups in total. The Kier molecular flexibility index (Phi) is 4.60.